The molecular formula is C39H47F6N5O5. The van der Waals surface area contributed by atoms with Crippen molar-refractivity contribution in [1.82, 2.24) is 15.1 Å². The minimum Gasteiger partial charge on any atom is -0.496 e. The summed E-state index contributed by atoms with van der Waals surface area (Å²) in [7, 11) is 3.22. The third-order valence-corrected chi connectivity index (χ3v) is 9.51. The van der Waals surface area contributed by atoms with E-state index in [-0.39, 0.29) is 24.9 Å². The molecule has 0 bridgehead atoms. The van der Waals surface area contributed by atoms with Crippen LogP contribution in [0.2, 0.25) is 0 Å². The molecule has 3 atom stereocenters. The van der Waals surface area contributed by atoms with Gasteiger partial charge in [-0.15, -0.1) is 0 Å². The number of methoxy groups -OCH3 is 1. The summed E-state index contributed by atoms with van der Waals surface area (Å²) < 4.78 is 93.7. The van der Waals surface area contributed by atoms with Crippen LogP contribution in [0.4, 0.5) is 31.1 Å². The molecule has 2 aliphatic heterocycles. The van der Waals surface area contributed by atoms with Crippen LogP contribution in [0.15, 0.2) is 81.4 Å². The van der Waals surface area contributed by atoms with Gasteiger partial charge in [0.2, 0.25) is 0 Å². The Balaban J connectivity index is 0.00000399. The van der Waals surface area contributed by atoms with Crippen LogP contribution < -0.4 is 5.32 Å². The van der Waals surface area contributed by atoms with Gasteiger partial charge in [-0.2, -0.15) is 26.3 Å². The van der Waals surface area contributed by atoms with E-state index in [0.717, 1.165) is 31.5 Å². The van der Waals surface area contributed by atoms with Crippen molar-refractivity contribution in [2.45, 2.75) is 83.8 Å². The number of cyclic esters (lactones) is 1. The molecule has 1 aliphatic carbocycles. The topological polar surface area (TPSA) is 127 Å². The van der Waals surface area contributed by atoms with Crippen molar-refractivity contribution >= 4 is 18.4 Å². The standard InChI is InChI=1S/C38H46F6N4O5.CHN/c1-6-7-11-29(30-16-25(10-8-12-33(30)52-5)15-23(2)31(45-4)20-34(49)50)32(46-22-47-13-9-14-47)21-48-24(3)35(53-36(48)51)26-17-27(37(39,40)41)19-28(18-26)38(42,43)44;1-2/h7,11-12,16-19,22,24-25,35,45H,6,8-10,13-15,20-21H2,1-5H3,(H,49,50);1H/b11-7-,31-23-,32-29+,46-22?;. The third kappa shape index (κ3) is 11.6. The number of rotatable bonds is 14. The maximum atomic E-state index is 13.7. The summed E-state index contributed by atoms with van der Waals surface area (Å²) in [4.78, 5) is 33.0. The van der Waals surface area contributed by atoms with Crippen LogP contribution in [0.5, 0.6) is 0 Å². The summed E-state index contributed by atoms with van der Waals surface area (Å²) in [6.07, 6.45) is 0.313. The quantitative estimate of drug-likeness (QED) is 0.0830. The number of nitrogens with zero attached hydrogens (tertiary/aromatic N) is 4. The molecule has 300 valence electrons. The van der Waals surface area contributed by atoms with E-state index in [1.54, 1.807) is 13.4 Å². The number of ether oxygens (including phenoxy) is 2. The summed E-state index contributed by atoms with van der Waals surface area (Å²) in [5.74, 6) is -0.459. The number of amides is 1. The zero-order valence-electron chi connectivity index (χ0n) is 31.4. The summed E-state index contributed by atoms with van der Waals surface area (Å²) in [5, 5.41) is 18.9. The van der Waals surface area contributed by atoms with Crippen molar-refractivity contribution in [3.63, 3.8) is 0 Å². The fourth-order valence-corrected chi connectivity index (χ4v) is 6.48. The first-order chi connectivity index (χ1) is 26.0. The van der Waals surface area contributed by atoms with E-state index in [9.17, 15) is 41.0 Å². The SMILES string of the molecule is C#N.CC/C=C\C(C1=CC(C/C(C)=C(/CC(=O)O)NC)CCC=C1OC)=C(\CN1C(=O)OC(c2cc(C(F)(F)F)cc(C(F)(F)F)c2)C1C)N=CN1CCC1. The molecule has 55 heavy (non-hydrogen) atoms. The molecule has 4 rings (SSSR count). The predicted molar refractivity (Wildman–Crippen MR) is 194 cm³/mol. The number of benzene rings is 1. The van der Waals surface area contributed by atoms with E-state index in [1.807, 2.05) is 43.1 Å². The minimum atomic E-state index is -5.07. The second kappa shape index (κ2) is 19.4. The van der Waals surface area contributed by atoms with Gasteiger partial charge in [0, 0.05) is 43.6 Å². The van der Waals surface area contributed by atoms with Gasteiger partial charge < -0.3 is 24.8 Å². The van der Waals surface area contributed by atoms with Crippen LogP contribution in [0, 0.1) is 17.8 Å². The Hall–Kier alpha value is -5.20. The number of nitriles is 1. The highest BCUT2D eigenvalue weighted by molar-refractivity contribution is 5.72. The first kappa shape index (κ1) is 44.2. The average molecular weight is 780 g/mol. The van der Waals surface area contributed by atoms with Crippen LogP contribution in [-0.2, 0) is 26.6 Å². The second-order valence-corrected chi connectivity index (χ2v) is 13.3. The van der Waals surface area contributed by atoms with E-state index in [4.69, 9.17) is 19.7 Å². The molecular weight excluding hydrogens is 732 g/mol. The Morgan fingerprint density at radius 2 is 1.78 bits per heavy atom. The number of nitrogens with one attached hydrogen (secondary N) is 1. The summed E-state index contributed by atoms with van der Waals surface area (Å²) in [5.41, 5.74) is -0.262. The fraction of sp³-hybridized carbons (Fsp3) is 0.487. The summed E-state index contributed by atoms with van der Waals surface area (Å²) >= 11 is 0. The Bertz CT molecular complexity index is 1720. The molecule has 3 unspecified atom stereocenters. The van der Waals surface area contributed by atoms with E-state index >= 15 is 0 Å². The largest absolute Gasteiger partial charge is 0.496 e. The Morgan fingerprint density at radius 1 is 1.15 bits per heavy atom. The fourth-order valence-electron chi connectivity index (χ4n) is 6.48. The lowest BCUT2D eigenvalue weighted by atomic mass is 9.91. The molecule has 2 fully saturated rings. The molecule has 10 nitrogen and oxygen atoms in total. The number of likely N-dealkylation sites (tertiary alicyclic amines) is 1. The normalized spacial score (nSPS) is 21.4. The van der Waals surface area contributed by atoms with Gasteiger partial charge in [-0.05, 0) is 81.7 Å². The molecule has 0 saturated carbocycles. The van der Waals surface area contributed by atoms with Crippen molar-refractivity contribution in [3.05, 3.63) is 93.1 Å². The number of carboxylic acids is 1. The van der Waals surface area contributed by atoms with Crippen LogP contribution in [-0.4, -0.2) is 73.1 Å². The number of alkyl halides is 6. The van der Waals surface area contributed by atoms with Gasteiger partial charge in [-0.1, -0.05) is 30.7 Å². The number of carboxylic acid groups (broad SMARTS) is 1. The highest BCUT2D eigenvalue weighted by Crippen LogP contribution is 2.42. The number of aliphatic carboxylic acids is 1. The molecule has 1 amide bonds. The zero-order valence-corrected chi connectivity index (χ0v) is 31.4. The molecule has 2 N–H and O–H groups in total. The van der Waals surface area contributed by atoms with Crippen molar-refractivity contribution in [3.8, 4) is 6.57 Å². The van der Waals surface area contributed by atoms with E-state index in [2.05, 4.69) is 11.9 Å². The smallest absolute Gasteiger partial charge is 0.416 e. The molecule has 2 heterocycles. The van der Waals surface area contributed by atoms with E-state index < -0.39 is 53.3 Å². The molecule has 2 saturated heterocycles. The molecule has 1 aromatic carbocycles. The van der Waals surface area contributed by atoms with Gasteiger partial charge in [-0.25, -0.2) is 15.0 Å². The molecule has 0 spiro atoms. The first-order valence-corrected chi connectivity index (χ1v) is 17.7. The van der Waals surface area contributed by atoms with Gasteiger partial charge in [0.1, 0.15) is 11.9 Å². The van der Waals surface area contributed by atoms with Crippen molar-refractivity contribution in [2.24, 2.45) is 10.9 Å². The maximum absolute atomic E-state index is 13.7. The Labute approximate surface area is 317 Å². The highest BCUT2D eigenvalue weighted by atomic mass is 19.4. The number of hydrogen-bond acceptors (Lipinski definition) is 7. The van der Waals surface area contributed by atoms with E-state index in [0.29, 0.717) is 59.7 Å². The summed E-state index contributed by atoms with van der Waals surface area (Å²) in [6, 6.07) is 0.227. The molecule has 0 aromatic heterocycles. The van der Waals surface area contributed by atoms with Crippen molar-refractivity contribution < 1.29 is 50.5 Å². The lowest BCUT2D eigenvalue weighted by molar-refractivity contribution is -0.143. The Morgan fingerprint density at radius 3 is 2.29 bits per heavy atom. The monoisotopic (exact) mass is 779 g/mol. The van der Waals surface area contributed by atoms with Crippen molar-refractivity contribution in [2.75, 3.05) is 33.8 Å². The van der Waals surface area contributed by atoms with Crippen LogP contribution in [0.3, 0.4) is 0 Å². The van der Waals surface area contributed by atoms with Crippen LogP contribution in [0.1, 0.15) is 82.1 Å². The third-order valence-electron chi connectivity index (χ3n) is 9.51. The lowest BCUT2D eigenvalue weighted by Gasteiger charge is -2.29. The number of carbonyl (C=O) groups excluding carboxylic acids is 1. The number of hydrogen-bond donors (Lipinski definition) is 2. The van der Waals surface area contributed by atoms with Crippen LogP contribution in [0.25, 0.3) is 0 Å². The van der Waals surface area contributed by atoms with Gasteiger partial charge in [0.25, 0.3) is 0 Å². The van der Waals surface area contributed by atoms with Gasteiger partial charge in [-0.3, -0.25) is 9.69 Å². The summed E-state index contributed by atoms with van der Waals surface area (Å²) in [6.45, 7) is 10.2. The zero-order chi connectivity index (χ0) is 41.1. The molecule has 3 aliphatic rings. The van der Waals surface area contributed by atoms with E-state index in [1.165, 1.54) is 18.9 Å². The van der Waals surface area contributed by atoms with Gasteiger partial charge in [0.15, 0.2) is 0 Å². The second-order valence-electron chi connectivity index (χ2n) is 13.3. The molecule has 16 heteroatoms. The maximum Gasteiger partial charge on any atom is 0.416 e. The first-order valence-electron chi connectivity index (χ1n) is 17.7. The number of halogens is 6. The average Bonchev–Trinajstić information content (AvgIpc) is 3.25. The van der Waals surface area contributed by atoms with Gasteiger partial charge in [0.05, 0.1) is 49.3 Å². The van der Waals surface area contributed by atoms with Crippen molar-refractivity contribution in [1.29, 1.82) is 5.26 Å². The lowest BCUT2D eigenvalue weighted by Crippen LogP contribution is -2.36. The van der Waals surface area contributed by atoms with Crippen LogP contribution >= 0.6 is 0 Å². The molecule has 1 aromatic rings. The minimum absolute atomic E-state index is 0.0397. The molecule has 0 radical (unpaired) electrons. The predicted octanol–water partition coefficient (Wildman–Crippen LogP) is 8.92. The Kier molecular flexibility index (Phi) is 15.6. The number of carbonyl (C=O) groups is 2. The highest BCUT2D eigenvalue weighted by Gasteiger charge is 2.43. The van der Waals surface area contributed by atoms with Gasteiger partial charge >= 0.3 is 24.4 Å². The number of allylic oxidation sites excluding steroid dienone is 6. The number of aliphatic imine (C=N–C) groups is 1.